The highest BCUT2D eigenvalue weighted by Crippen LogP contribution is 2.13. The van der Waals surface area contributed by atoms with Crippen LogP contribution >= 0.6 is 0 Å². The van der Waals surface area contributed by atoms with E-state index in [1.807, 2.05) is 0 Å². The van der Waals surface area contributed by atoms with Crippen LogP contribution in [0, 0.1) is 5.92 Å². The minimum Gasteiger partial charge on any atom is -0.352 e. The number of carbonyl (C=O) groups is 1. The lowest BCUT2D eigenvalue weighted by atomic mass is 10.0. The standard InChI is InChI=1S/C14H29N3O/c1-10(2)9-13(15)14(18)16-12-5-7-17(8-6-12)11(3)4/h10-13H,5-9,15H2,1-4H3,(H,16,18)/t13-/m1/s1. The molecule has 106 valence electrons. The zero-order chi connectivity index (χ0) is 13.7. The normalized spacial score (nSPS) is 20.4. The maximum atomic E-state index is 11.9. The largest absolute Gasteiger partial charge is 0.352 e. The van der Waals surface area contributed by atoms with Crippen molar-refractivity contribution in [1.29, 1.82) is 0 Å². The molecular weight excluding hydrogens is 226 g/mol. The van der Waals surface area contributed by atoms with Gasteiger partial charge in [0, 0.05) is 25.2 Å². The maximum Gasteiger partial charge on any atom is 0.237 e. The van der Waals surface area contributed by atoms with E-state index in [9.17, 15) is 4.79 Å². The fourth-order valence-electron chi connectivity index (χ4n) is 2.48. The molecule has 0 aromatic carbocycles. The lowest BCUT2D eigenvalue weighted by Crippen LogP contribution is -2.50. The zero-order valence-electron chi connectivity index (χ0n) is 12.3. The average molecular weight is 255 g/mol. The topological polar surface area (TPSA) is 58.4 Å². The smallest absolute Gasteiger partial charge is 0.237 e. The molecule has 0 unspecified atom stereocenters. The molecule has 4 nitrogen and oxygen atoms in total. The van der Waals surface area contributed by atoms with Crippen molar-refractivity contribution in [2.45, 2.75) is 65.1 Å². The average Bonchev–Trinajstić information content (AvgIpc) is 2.28. The van der Waals surface area contributed by atoms with Crippen LogP contribution in [0.1, 0.15) is 47.0 Å². The molecule has 0 aromatic heterocycles. The second-order valence-electron chi connectivity index (χ2n) is 6.15. The summed E-state index contributed by atoms with van der Waals surface area (Å²) in [6, 6.07) is 0.559. The van der Waals surface area contributed by atoms with Gasteiger partial charge in [-0.25, -0.2) is 0 Å². The van der Waals surface area contributed by atoms with Crippen LogP contribution < -0.4 is 11.1 Å². The van der Waals surface area contributed by atoms with Crippen LogP contribution in [0.15, 0.2) is 0 Å². The molecular formula is C14H29N3O. The van der Waals surface area contributed by atoms with Gasteiger partial charge in [-0.2, -0.15) is 0 Å². The summed E-state index contributed by atoms with van der Waals surface area (Å²) >= 11 is 0. The highest BCUT2D eigenvalue weighted by molar-refractivity contribution is 5.81. The minimum atomic E-state index is -0.354. The summed E-state index contributed by atoms with van der Waals surface area (Å²) in [6.45, 7) is 10.8. The summed E-state index contributed by atoms with van der Waals surface area (Å²) in [4.78, 5) is 14.4. The first kappa shape index (κ1) is 15.4. The third kappa shape index (κ3) is 4.94. The number of likely N-dealkylation sites (tertiary alicyclic amines) is 1. The Kier molecular flexibility index (Phi) is 6.09. The molecule has 1 fully saturated rings. The minimum absolute atomic E-state index is 0.0201. The van der Waals surface area contributed by atoms with Gasteiger partial charge in [0.15, 0.2) is 0 Å². The van der Waals surface area contributed by atoms with Crippen molar-refractivity contribution in [2.75, 3.05) is 13.1 Å². The van der Waals surface area contributed by atoms with E-state index in [2.05, 4.69) is 37.9 Å². The van der Waals surface area contributed by atoms with Gasteiger partial charge < -0.3 is 16.0 Å². The number of rotatable bonds is 5. The Morgan fingerprint density at radius 2 is 1.83 bits per heavy atom. The van der Waals surface area contributed by atoms with E-state index in [1.165, 1.54) is 0 Å². The van der Waals surface area contributed by atoms with Crippen molar-refractivity contribution in [2.24, 2.45) is 11.7 Å². The molecule has 1 amide bonds. The Hall–Kier alpha value is -0.610. The molecule has 1 atom stereocenters. The molecule has 4 heteroatoms. The summed E-state index contributed by atoms with van der Waals surface area (Å²) in [6.07, 6.45) is 2.84. The molecule has 0 aromatic rings. The van der Waals surface area contributed by atoms with E-state index in [0.717, 1.165) is 32.4 Å². The van der Waals surface area contributed by atoms with Crippen LogP contribution in [0.4, 0.5) is 0 Å². The van der Waals surface area contributed by atoms with Crippen LogP contribution in [0.25, 0.3) is 0 Å². The zero-order valence-corrected chi connectivity index (χ0v) is 12.3. The fraction of sp³-hybridized carbons (Fsp3) is 0.929. The summed E-state index contributed by atoms with van der Waals surface area (Å²) in [5, 5.41) is 3.09. The second-order valence-corrected chi connectivity index (χ2v) is 6.15. The third-order valence-electron chi connectivity index (χ3n) is 3.67. The van der Waals surface area contributed by atoms with Gasteiger partial charge in [-0.05, 0) is 39.0 Å². The molecule has 18 heavy (non-hydrogen) atoms. The summed E-state index contributed by atoms with van der Waals surface area (Å²) in [7, 11) is 0. The second kappa shape index (κ2) is 7.10. The molecule has 0 saturated carbocycles. The Labute approximate surface area is 111 Å². The molecule has 0 aliphatic carbocycles. The molecule has 1 rings (SSSR count). The van der Waals surface area contributed by atoms with Crippen LogP contribution in [0.5, 0.6) is 0 Å². The van der Waals surface area contributed by atoms with Crippen LogP contribution in [-0.2, 0) is 4.79 Å². The van der Waals surface area contributed by atoms with Gasteiger partial charge in [0.1, 0.15) is 0 Å². The highest BCUT2D eigenvalue weighted by Gasteiger charge is 2.24. The summed E-state index contributed by atoms with van der Waals surface area (Å²) < 4.78 is 0. The van der Waals surface area contributed by atoms with Crippen molar-refractivity contribution in [3.05, 3.63) is 0 Å². The number of carbonyl (C=O) groups excluding carboxylic acids is 1. The Balaban J connectivity index is 2.30. The first-order chi connectivity index (χ1) is 8.40. The predicted molar refractivity (Wildman–Crippen MR) is 75.3 cm³/mol. The van der Waals surface area contributed by atoms with E-state index in [-0.39, 0.29) is 11.9 Å². The van der Waals surface area contributed by atoms with Crippen molar-refractivity contribution in [3.63, 3.8) is 0 Å². The van der Waals surface area contributed by atoms with E-state index >= 15 is 0 Å². The summed E-state index contributed by atoms with van der Waals surface area (Å²) in [5.74, 6) is 0.486. The number of hydrogen-bond donors (Lipinski definition) is 2. The number of amides is 1. The van der Waals surface area contributed by atoms with Gasteiger partial charge in [-0.3, -0.25) is 4.79 Å². The third-order valence-corrected chi connectivity index (χ3v) is 3.67. The monoisotopic (exact) mass is 255 g/mol. The van der Waals surface area contributed by atoms with Crippen molar-refractivity contribution >= 4 is 5.91 Å². The van der Waals surface area contributed by atoms with Crippen molar-refractivity contribution in [3.8, 4) is 0 Å². The van der Waals surface area contributed by atoms with Gasteiger partial charge in [0.25, 0.3) is 0 Å². The fourth-order valence-corrected chi connectivity index (χ4v) is 2.48. The highest BCUT2D eigenvalue weighted by atomic mass is 16.2. The van der Waals surface area contributed by atoms with E-state index in [0.29, 0.717) is 18.0 Å². The Morgan fingerprint density at radius 3 is 2.28 bits per heavy atom. The van der Waals surface area contributed by atoms with Crippen molar-refractivity contribution < 1.29 is 4.79 Å². The molecule has 1 saturated heterocycles. The van der Waals surface area contributed by atoms with Crippen molar-refractivity contribution in [1.82, 2.24) is 10.2 Å². The number of nitrogens with one attached hydrogen (secondary N) is 1. The van der Waals surface area contributed by atoms with Crippen LogP contribution in [0.2, 0.25) is 0 Å². The molecule has 0 spiro atoms. The van der Waals surface area contributed by atoms with Gasteiger partial charge in [-0.1, -0.05) is 13.8 Å². The van der Waals surface area contributed by atoms with Gasteiger partial charge in [0.2, 0.25) is 5.91 Å². The van der Waals surface area contributed by atoms with Gasteiger partial charge in [-0.15, -0.1) is 0 Å². The molecule has 1 heterocycles. The van der Waals surface area contributed by atoms with E-state index in [4.69, 9.17) is 5.73 Å². The van der Waals surface area contributed by atoms with Crippen LogP contribution in [0.3, 0.4) is 0 Å². The molecule has 1 aliphatic rings. The molecule has 0 bridgehead atoms. The lowest BCUT2D eigenvalue weighted by molar-refractivity contribution is -0.123. The van der Waals surface area contributed by atoms with Gasteiger partial charge in [0.05, 0.1) is 6.04 Å². The van der Waals surface area contributed by atoms with E-state index in [1.54, 1.807) is 0 Å². The van der Waals surface area contributed by atoms with Crippen LogP contribution in [-0.4, -0.2) is 42.0 Å². The first-order valence-corrected chi connectivity index (χ1v) is 7.20. The molecule has 0 radical (unpaired) electrons. The maximum absolute atomic E-state index is 11.9. The van der Waals surface area contributed by atoms with E-state index < -0.39 is 0 Å². The number of nitrogens with zero attached hydrogens (tertiary/aromatic N) is 1. The SMILES string of the molecule is CC(C)C[C@@H](N)C(=O)NC1CCN(C(C)C)CC1. The Morgan fingerprint density at radius 1 is 1.28 bits per heavy atom. The predicted octanol–water partition coefficient (Wildman–Crippen LogP) is 1.35. The number of nitrogens with two attached hydrogens (primary N) is 1. The molecule has 1 aliphatic heterocycles. The van der Waals surface area contributed by atoms with Gasteiger partial charge >= 0.3 is 0 Å². The quantitative estimate of drug-likeness (QED) is 0.779. The first-order valence-electron chi connectivity index (χ1n) is 7.20. The summed E-state index contributed by atoms with van der Waals surface area (Å²) in [5.41, 5.74) is 5.89. The molecule has 3 N–H and O–H groups in total. The number of hydrogen-bond acceptors (Lipinski definition) is 3. The lowest BCUT2D eigenvalue weighted by Gasteiger charge is -2.35. The Bertz CT molecular complexity index is 258. The number of piperidine rings is 1.